The van der Waals surface area contributed by atoms with Crippen LogP contribution >= 0.6 is 11.3 Å². The van der Waals surface area contributed by atoms with Crippen LogP contribution in [0.4, 0.5) is 0 Å². The number of hydrogen-bond acceptors (Lipinski definition) is 6. The zero-order valence-corrected chi connectivity index (χ0v) is 16.2. The lowest BCUT2D eigenvalue weighted by Crippen LogP contribution is -2.34. The lowest BCUT2D eigenvalue weighted by atomic mass is 10.2. The molecular weight excluding hydrogens is 378 g/mol. The monoisotopic (exact) mass is 397 g/mol. The van der Waals surface area contributed by atoms with Crippen LogP contribution in [-0.4, -0.2) is 38.8 Å². The molecule has 144 valence electrons. The molecular formula is C20H19N3O4S. The molecule has 0 aliphatic heterocycles. The van der Waals surface area contributed by atoms with E-state index in [1.54, 1.807) is 35.8 Å². The second-order valence-electron chi connectivity index (χ2n) is 5.73. The summed E-state index contributed by atoms with van der Waals surface area (Å²) < 4.78 is 11.5. The molecule has 2 amide bonds. The van der Waals surface area contributed by atoms with Crippen LogP contribution in [-0.2, 0) is 4.79 Å². The molecule has 0 aliphatic carbocycles. The Morgan fingerprint density at radius 2 is 1.86 bits per heavy atom. The molecule has 0 aliphatic rings. The van der Waals surface area contributed by atoms with Crippen molar-refractivity contribution in [1.29, 1.82) is 0 Å². The van der Waals surface area contributed by atoms with E-state index >= 15 is 0 Å². The number of nitrogens with zero attached hydrogens (tertiary/aromatic N) is 1. The predicted molar refractivity (Wildman–Crippen MR) is 109 cm³/mol. The molecule has 0 atom stereocenters. The van der Waals surface area contributed by atoms with Crippen LogP contribution in [0.5, 0.6) is 11.5 Å². The van der Waals surface area contributed by atoms with Gasteiger partial charge in [-0.25, -0.2) is 5.43 Å². The summed E-state index contributed by atoms with van der Waals surface area (Å²) in [6, 6.07) is 14.8. The molecule has 0 bridgehead atoms. The van der Waals surface area contributed by atoms with E-state index < -0.39 is 11.8 Å². The Bertz CT molecular complexity index is 996. The van der Waals surface area contributed by atoms with Crippen molar-refractivity contribution in [3.8, 4) is 11.5 Å². The molecule has 3 rings (SSSR count). The molecule has 0 spiro atoms. The zero-order valence-electron chi connectivity index (χ0n) is 15.4. The summed E-state index contributed by atoms with van der Waals surface area (Å²) in [7, 11) is 3.00. The van der Waals surface area contributed by atoms with E-state index in [1.807, 2.05) is 30.3 Å². The number of ether oxygens (including phenoxy) is 2. The number of benzene rings is 2. The SMILES string of the molecule is COc1ccc(C(=O)NCC(=O)NN=Cc2cc3ccccc3s2)cc1OC. The second kappa shape index (κ2) is 9.01. The molecule has 0 radical (unpaired) electrons. The largest absolute Gasteiger partial charge is 0.493 e. The van der Waals surface area contributed by atoms with E-state index in [9.17, 15) is 9.59 Å². The molecule has 7 nitrogen and oxygen atoms in total. The van der Waals surface area contributed by atoms with Crippen molar-refractivity contribution in [2.75, 3.05) is 20.8 Å². The Kier molecular flexibility index (Phi) is 6.23. The lowest BCUT2D eigenvalue weighted by Gasteiger charge is -2.09. The number of carbonyl (C=O) groups is 2. The van der Waals surface area contributed by atoms with E-state index in [4.69, 9.17) is 9.47 Å². The lowest BCUT2D eigenvalue weighted by molar-refractivity contribution is -0.120. The third-order valence-corrected chi connectivity index (χ3v) is 4.93. The van der Waals surface area contributed by atoms with E-state index in [2.05, 4.69) is 15.8 Å². The second-order valence-corrected chi connectivity index (χ2v) is 6.85. The first-order valence-electron chi connectivity index (χ1n) is 8.41. The van der Waals surface area contributed by atoms with Crippen LogP contribution in [0.3, 0.4) is 0 Å². The fourth-order valence-electron chi connectivity index (χ4n) is 2.51. The number of carbonyl (C=O) groups excluding carboxylic acids is 2. The summed E-state index contributed by atoms with van der Waals surface area (Å²) in [4.78, 5) is 25.0. The normalized spacial score (nSPS) is 10.8. The Morgan fingerprint density at radius 1 is 1.07 bits per heavy atom. The number of hydrogen-bond donors (Lipinski definition) is 2. The van der Waals surface area contributed by atoms with Gasteiger partial charge in [0.1, 0.15) is 0 Å². The third kappa shape index (κ3) is 4.66. The first kappa shape index (κ1) is 19.4. The smallest absolute Gasteiger partial charge is 0.259 e. The quantitative estimate of drug-likeness (QED) is 0.474. The summed E-state index contributed by atoms with van der Waals surface area (Å²) in [5, 5.41) is 7.60. The van der Waals surface area contributed by atoms with Gasteiger partial charge in [0.05, 0.1) is 27.0 Å². The molecule has 3 aromatic rings. The summed E-state index contributed by atoms with van der Waals surface area (Å²) in [5.41, 5.74) is 2.76. The number of rotatable bonds is 7. The van der Waals surface area contributed by atoms with Crippen molar-refractivity contribution in [2.24, 2.45) is 5.10 Å². The highest BCUT2D eigenvalue weighted by Gasteiger charge is 2.11. The van der Waals surface area contributed by atoms with Gasteiger partial charge in [-0.2, -0.15) is 5.10 Å². The number of nitrogens with one attached hydrogen (secondary N) is 2. The van der Waals surface area contributed by atoms with Gasteiger partial charge in [-0.15, -0.1) is 11.3 Å². The van der Waals surface area contributed by atoms with Crippen molar-refractivity contribution in [2.45, 2.75) is 0 Å². The Balaban J connectivity index is 1.51. The molecule has 0 unspecified atom stereocenters. The van der Waals surface area contributed by atoms with Crippen molar-refractivity contribution < 1.29 is 19.1 Å². The van der Waals surface area contributed by atoms with Gasteiger partial charge in [-0.3, -0.25) is 9.59 Å². The van der Waals surface area contributed by atoms with Crippen LogP contribution in [0.2, 0.25) is 0 Å². The zero-order chi connectivity index (χ0) is 19.9. The summed E-state index contributed by atoms with van der Waals surface area (Å²) in [6.07, 6.45) is 1.58. The van der Waals surface area contributed by atoms with Gasteiger partial charge >= 0.3 is 0 Å². The molecule has 2 N–H and O–H groups in total. The number of thiophene rings is 1. The molecule has 28 heavy (non-hydrogen) atoms. The van der Waals surface area contributed by atoms with Gasteiger partial charge in [0.2, 0.25) is 0 Å². The van der Waals surface area contributed by atoms with E-state index in [0.29, 0.717) is 17.1 Å². The van der Waals surface area contributed by atoms with Crippen molar-refractivity contribution in [3.05, 3.63) is 59.0 Å². The first-order chi connectivity index (χ1) is 13.6. The number of methoxy groups -OCH3 is 2. The molecule has 0 saturated heterocycles. The predicted octanol–water partition coefficient (Wildman–Crippen LogP) is 2.80. The third-order valence-electron chi connectivity index (χ3n) is 3.88. The van der Waals surface area contributed by atoms with E-state index in [1.165, 1.54) is 14.2 Å². The Labute approximate surface area is 166 Å². The fraction of sp³-hybridized carbons (Fsp3) is 0.150. The number of amides is 2. The maximum atomic E-state index is 12.2. The van der Waals surface area contributed by atoms with Crippen LogP contribution in [0.15, 0.2) is 53.6 Å². The topological polar surface area (TPSA) is 89.0 Å². The van der Waals surface area contributed by atoms with Gasteiger partial charge in [0, 0.05) is 15.1 Å². The van der Waals surface area contributed by atoms with Crippen molar-refractivity contribution >= 4 is 39.5 Å². The van der Waals surface area contributed by atoms with Gasteiger partial charge in [0.25, 0.3) is 11.8 Å². The van der Waals surface area contributed by atoms with Gasteiger partial charge in [0.15, 0.2) is 11.5 Å². The Morgan fingerprint density at radius 3 is 2.61 bits per heavy atom. The number of fused-ring (bicyclic) bond motifs is 1. The highest BCUT2D eigenvalue weighted by molar-refractivity contribution is 7.20. The number of hydrazone groups is 1. The van der Waals surface area contributed by atoms with Gasteiger partial charge in [-0.1, -0.05) is 18.2 Å². The average Bonchev–Trinajstić information content (AvgIpc) is 3.14. The van der Waals surface area contributed by atoms with Crippen LogP contribution in [0.1, 0.15) is 15.2 Å². The minimum atomic E-state index is -0.425. The van der Waals surface area contributed by atoms with Crippen LogP contribution < -0.4 is 20.2 Å². The fourth-order valence-corrected chi connectivity index (χ4v) is 3.45. The summed E-state index contributed by atoms with van der Waals surface area (Å²) in [5.74, 6) is 0.135. The van der Waals surface area contributed by atoms with Crippen LogP contribution in [0.25, 0.3) is 10.1 Å². The molecule has 1 aromatic heterocycles. The van der Waals surface area contributed by atoms with Crippen molar-refractivity contribution in [3.63, 3.8) is 0 Å². The standard InChI is InChI=1S/C20H19N3O4S/c1-26-16-8-7-14(10-17(16)27-2)20(25)21-12-19(24)23-22-11-15-9-13-5-3-4-6-18(13)28-15/h3-11H,12H2,1-2H3,(H,21,25)(H,23,24). The van der Waals surface area contributed by atoms with Crippen molar-refractivity contribution in [1.82, 2.24) is 10.7 Å². The van der Waals surface area contributed by atoms with Gasteiger partial charge in [-0.05, 0) is 35.7 Å². The molecule has 0 saturated carbocycles. The highest BCUT2D eigenvalue weighted by atomic mass is 32.1. The maximum Gasteiger partial charge on any atom is 0.259 e. The van der Waals surface area contributed by atoms with Crippen LogP contribution in [0, 0.1) is 0 Å². The summed E-state index contributed by atoms with van der Waals surface area (Å²) in [6.45, 7) is -0.197. The molecule has 2 aromatic carbocycles. The maximum absolute atomic E-state index is 12.2. The van der Waals surface area contributed by atoms with E-state index in [-0.39, 0.29) is 6.54 Å². The average molecular weight is 397 g/mol. The first-order valence-corrected chi connectivity index (χ1v) is 9.23. The molecule has 8 heteroatoms. The minimum Gasteiger partial charge on any atom is -0.493 e. The minimum absolute atomic E-state index is 0.197. The summed E-state index contributed by atoms with van der Waals surface area (Å²) >= 11 is 1.58. The Hall–Kier alpha value is -3.39. The van der Waals surface area contributed by atoms with Gasteiger partial charge < -0.3 is 14.8 Å². The molecule has 1 heterocycles. The highest BCUT2D eigenvalue weighted by Crippen LogP contribution is 2.27. The molecule has 0 fully saturated rings. The van der Waals surface area contributed by atoms with E-state index in [0.717, 1.165) is 15.0 Å².